The van der Waals surface area contributed by atoms with Gasteiger partial charge >= 0.3 is 0 Å². The van der Waals surface area contributed by atoms with Gasteiger partial charge in [-0.25, -0.2) is 13.2 Å². The maximum Gasteiger partial charge on any atom is 0.197 e. The molecule has 0 amide bonds. The average Bonchev–Trinajstić information content (AvgIpc) is 2.45. The van der Waals surface area contributed by atoms with Crippen molar-refractivity contribution in [3.05, 3.63) is 63.4 Å². The molecular weight excluding hydrogens is 349 g/mol. The predicted octanol–water partition coefficient (Wildman–Crippen LogP) is 4.50. The Bertz CT molecular complexity index is 702. The second-order valence-electron chi connectivity index (χ2n) is 4.13. The van der Waals surface area contributed by atoms with Gasteiger partial charge in [-0.15, -0.1) is 0 Å². The highest BCUT2D eigenvalue weighted by atomic mass is 79.9. The van der Waals surface area contributed by atoms with Gasteiger partial charge in [0.1, 0.15) is 5.75 Å². The van der Waals surface area contributed by atoms with Gasteiger partial charge in [-0.3, -0.25) is 4.79 Å². The van der Waals surface area contributed by atoms with E-state index in [0.29, 0.717) is 22.9 Å². The molecule has 0 saturated carbocycles. The molecule has 0 saturated heterocycles. The Morgan fingerprint density at radius 1 is 1.10 bits per heavy atom. The lowest BCUT2D eigenvalue weighted by Crippen LogP contribution is -2.08. The van der Waals surface area contributed by atoms with Crippen LogP contribution in [0.4, 0.5) is 13.2 Å². The standard InChI is InChI=1S/C15H10BrF3O2/c1-2-21-8-3-4-9(11(16)7-8)15(20)10-5-6-12(17)14(19)13(10)18/h3-7H,2H2,1H3. The SMILES string of the molecule is CCOc1ccc(C(=O)c2ccc(F)c(F)c2F)c(Br)c1. The Balaban J connectivity index is 2.43. The number of rotatable bonds is 4. The van der Waals surface area contributed by atoms with Crippen molar-refractivity contribution in [3.63, 3.8) is 0 Å². The minimum Gasteiger partial charge on any atom is -0.494 e. The Morgan fingerprint density at radius 3 is 2.38 bits per heavy atom. The van der Waals surface area contributed by atoms with E-state index >= 15 is 0 Å². The van der Waals surface area contributed by atoms with E-state index in [9.17, 15) is 18.0 Å². The Kier molecular flexibility index (Phi) is 4.67. The number of benzene rings is 2. The van der Waals surface area contributed by atoms with Crippen LogP contribution < -0.4 is 4.74 Å². The first-order chi connectivity index (χ1) is 9.95. The number of hydrogen-bond donors (Lipinski definition) is 0. The molecule has 21 heavy (non-hydrogen) atoms. The number of carbonyl (C=O) groups excluding carboxylic acids is 1. The van der Waals surface area contributed by atoms with E-state index in [4.69, 9.17) is 4.74 Å². The van der Waals surface area contributed by atoms with Crippen LogP contribution in [0.25, 0.3) is 0 Å². The molecule has 2 rings (SSSR count). The zero-order valence-corrected chi connectivity index (χ0v) is 12.5. The molecule has 110 valence electrons. The van der Waals surface area contributed by atoms with E-state index < -0.39 is 28.8 Å². The Morgan fingerprint density at radius 2 is 1.76 bits per heavy atom. The van der Waals surface area contributed by atoms with Crippen molar-refractivity contribution >= 4 is 21.7 Å². The van der Waals surface area contributed by atoms with E-state index in [1.807, 2.05) is 6.92 Å². The summed E-state index contributed by atoms with van der Waals surface area (Å²) in [6.45, 7) is 2.27. The van der Waals surface area contributed by atoms with Crippen molar-refractivity contribution in [2.45, 2.75) is 6.92 Å². The molecule has 2 aromatic carbocycles. The topological polar surface area (TPSA) is 26.3 Å². The lowest BCUT2D eigenvalue weighted by atomic mass is 10.0. The summed E-state index contributed by atoms with van der Waals surface area (Å²) < 4.78 is 45.4. The molecule has 0 unspecified atom stereocenters. The number of ether oxygens (including phenoxy) is 1. The molecule has 0 spiro atoms. The molecule has 6 heteroatoms. The van der Waals surface area contributed by atoms with E-state index in [1.54, 1.807) is 12.1 Å². The van der Waals surface area contributed by atoms with Crippen LogP contribution in [-0.4, -0.2) is 12.4 Å². The smallest absolute Gasteiger partial charge is 0.197 e. The molecule has 2 aromatic rings. The molecule has 2 nitrogen and oxygen atoms in total. The number of ketones is 1. The molecular formula is C15H10BrF3O2. The first-order valence-corrected chi connectivity index (χ1v) is 6.85. The highest BCUT2D eigenvalue weighted by molar-refractivity contribution is 9.10. The van der Waals surface area contributed by atoms with Crippen molar-refractivity contribution in [1.29, 1.82) is 0 Å². The second-order valence-corrected chi connectivity index (χ2v) is 4.98. The van der Waals surface area contributed by atoms with Crippen LogP contribution in [0.3, 0.4) is 0 Å². The zero-order chi connectivity index (χ0) is 15.6. The number of halogens is 4. The quantitative estimate of drug-likeness (QED) is 0.594. The van der Waals surface area contributed by atoms with Gasteiger partial charge in [0.2, 0.25) is 0 Å². The first kappa shape index (κ1) is 15.6. The van der Waals surface area contributed by atoms with Gasteiger partial charge in [0.25, 0.3) is 0 Å². The van der Waals surface area contributed by atoms with Crippen LogP contribution in [0.5, 0.6) is 5.75 Å². The fourth-order valence-electron chi connectivity index (χ4n) is 1.78. The average molecular weight is 359 g/mol. The number of hydrogen-bond acceptors (Lipinski definition) is 2. The summed E-state index contributed by atoms with van der Waals surface area (Å²) in [7, 11) is 0. The van der Waals surface area contributed by atoms with Gasteiger partial charge in [0, 0.05) is 10.0 Å². The highest BCUT2D eigenvalue weighted by Crippen LogP contribution is 2.27. The molecule has 0 aliphatic carbocycles. The summed E-state index contributed by atoms with van der Waals surface area (Å²) in [6, 6.07) is 6.15. The van der Waals surface area contributed by atoms with Crippen LogP contribution in [0.2, 0.25) is 0 Å². The lowest BCUT2D eigenvalue weighted by molar-refractivity contribution is 0.103. The second kappa shape index (κ2) is 6.30. The Labute approximate surface area is 127 Å². The van der Waals surface area contributed by atoms with E-state index in [1.165, 1.54) is 6.07 Å². The fraction of sp³-hybridized carbons (Fsp3) is 0.133. The van der Waals surface area contributed by atoms with Crippen LogP contribution in [0.15, 0.2) is 34.8 Å². The molecule has 0 fully saturated rings. The van der Waals surface area contributed by atoms with E-state index in [-0.39, 0.29) is 5.56 Å². The van der Waals surface area contributed by atoms with Gasteiger partial charge in [0.15, 0.2) is 23.2 Å². The maximum atomic E-state index is 13.7. The third-order valence-electron chi connectivity index (χ3n) is 2.78. The van der Waals surface area contributed by atoms with Gasteiger partial charge in [-0.2, -0.15) is 0 Å². The van der Waals surface area contributed by atoms with Crippen LogP contribution in [-0.2, 0) is 0 Å². The molecule has 0 aliphatic rings. The third kappa shape index (κ3) is 3.10. The molecule has 0 atom stereocenters. The van der Waals surface area contributed by atoms with Crippen molar-refractivity contribution < 1.29 is 22.7 Å². The van der Waals surface area contributed by atoms with Crippen molar-refractivity contribution in [2.75, 3.05) is 6.61 Å². The van der Waals surface area contributed by atoms with Gasteiger partial charge in [-0.1, -0.05) is 0 Å². The van der Waals surface area contributed by atoms with Crippen molar-refractivity contribution in [3.8, 4) is 5.75 Å². The summed E-state index contributed by atoms with van der Waals surface area (Å²) in [5.41, 5.74) is -0.401. The minimum absolute atomic E-state index is 0.128. The molecule has 0 N–H and O–H groups in total. The largest absolute Gasteiger partial charge is 0.494 e. The number of carbonyl (C=O) groups is 1. The summed E-state index contributed by atoms with van der Waals surface area (Å²) in [5.74, 6) is -4.72. The Hall–Kier alpha value is -1.82. The highest BCUT2D eigenvalue weighted by Gasteiger charge is 2.21. The molecule has 0 aliphatic heterocycles. The summed E-state index contributed by atoms with van der Waals surface area (Å²) in [5, 5.41) is 0. The van der Waals surface area contributed by atoms with Gasteiger partial charge in [0.05, 0.1) is 12.2 Å². The monoisotopic (exact) mass is 358 g/mol. The molecule has 0 radical (unpaired) electrons. The van der Waals surface area contributed by atoms with Crippen LogP contribution in [0, 0.1) is 17.5 Å². The molecule has 0 heterocycles. The fourth-order valence-corrected chi connectivity index (χ4v) is 2.32. The predicted molar refractivity (Wildman–Crippen MR) is 75.1 cm³/mol. The van der Waals surface area contributed by atoms with Gasteiger partial charge in [-0.05, 0) is 53.2 Å². The third-order valence-corrected chi connectivity index (χ3v) is 3.43. The maximum absolute atomic E-state index is 13.7. The minimum atomic E-state index is -1.66. The van der Waals surface area contributed by atoms with E-state index in [2.05, 4.69) is 15.9 Å². The van der Waals surface area contributed by atoms with Gasteiger partial charge < -0.3 is 4.74 Å². The zero-order valence-electron chi connectivity index (χ0n) is 10.9. The van der Waals surface area contributed by atoms with Crippen molar-refractivity contribution in [2.24, 2.45) is 0 Å². The molecule has 0 bridgehead atoms. The van der Waals surface area contributed by atoms with Crippen molar-refractivity contribution in [1.82, 2.24) is 0 Å². The lowest BCUT2D eigenvalue weighted by Gasteiger charge is -2.08. The van der Waals surface area contributed by atoms with E-state index in [0.717, 1.165) is 6.07 Å². The normalized spacial score (nSPS) is 10.5. The first-order valence-electron chi connectivity index (χ1n) is 6.06. The summed E-state index contributed by atoms with van der Waals surface area (Å²) in [6.07, 6.45) is 0. The van der Waals surface area contributed by atoms with Crippen LogP contribution in [0.1, 0.15) is 22.8 Å². The summed E-state index contributed by atoms with van der Waals surface area (Å²) >= 11 is 3.18. The van der Waals surface area contributed by atoms with Crippen LogP contribution >= 0.6 is 15.9 Å². The summed E-state index contributed by atoms with van der Waals surface area (Å²) in [4.78, 5) is 12.2. The molecule has 0 aromatic heterocycles.